The van der Waals surface area contributed by atoms with E-state index in [2.05, 4.69) is 20.6 Å². The highest BCUT2D eigenvalue weighted by atomic mass is 15.2. The Hall–Kier alpha value is -2.87. The van der Waals surface area contributed by atoms with Crippen LogP contribution in [0.1, 0.15) is 18.5 Å². The summed E-state index contributed by atoms with van der Waals surface area (Å²) >= 11 is 0. The molecule has 0 fully saturated rings. The molecular weight excluding hydrogens is 250 g/mol. The Bertz CT molecular complexity index is 601. The summed E-state index contributed by atoms with van der Waals surface area (Å²) in [5.74, 6) is 0.412. The van der Waals surface area contributed by atoms with Crippen LogP contribution in [0.25, 0.3) is 0 Å². The summed E-state index contributed by atoms with van der Waals surface area (Å²) in [4.78, 5) is 8.43. The first kappa shape index (κ1) is 13.6. The second-order valence-electron chi connectivity index (χ2n) is 4.16. The first-order valence-electron chi connectivity index (χ1n) is 6.24. The molecule has 0 saturated heterocycles. The number of hydrogen-bond donors (Lipinski definition) is 2. The summed E-state index contributed by atoms with van der Waals surface area (Å²) < 4.78 is 0. The van der Waals surface area contributed by atoms with E-state index in [1.807, 2.05) is 55.6 Å². The Morgan fingerprint density at radius 1 is 1.20 bits per heavy atom. The molecule has 1 heterocycles. The molecule has 0 spiro atoms. The lowest BCUT2D eigenvalue weighted by Crippen LogP contribution is -2.27. The minimum atomic E-state index is -0.0543. The summed E-state index contributed by atoms with van der Waals surface area (Å²) in [6.07, 6.45) is 5.23. The van der Waals surface area contributed by atoms with Crippen molar-refractivity contribution in [2.75, 3.05) is 5.32 Å². The van der Waals surface area contributed by atoms with E-state index >= 15 is 0 Å². The molecule has 1 atom stereocenters. The SMILES string of the molecule is C[C@H](N=C(NC#N)Nc1ccncc1)c1ccccc1. The number of nitriles is 1. The van der Waals surface area contributed by atoms with Crippen molar-refractivity contribution in [2.45, 2.75) is 13.0 Å². The van der Waals surface area contributed by atoms with Crippen molar-refractivity contribution in [3.05, 3.63) is 60.4 Å². The molecule has 0 saturated carbocycles. The van der Waals surface area contributed by atoms with Gasteiger partial charge in [0.25, 0.3) is 0 Å². The molecule has 0 aliphatic carbocycles. The van der Waals surface area contributed by atoms with Crippen LogP contribution in [0.3, 0.4) is 0 Å². The minimum absolute atomic E-state index is 0.0543. The fourth-order valence-corrected chi connectivity index (χ4v) is 1.72. The molecule has 0 bridgehead atoms. The maximum absolute atomic E-state index is 8.80. The molecule has 20 heavy (non-hydrogen) atoms. The molecule has 2 rings (SSSR count). The van der Waals surface area contributed by atoms with Gasteiger partial charge in [-0.05, 0) is 24.6 Å². The van der Waals surface area contributed by atoms with Crippen molar-refractivity contribution in [2.24, 2.45) is 4.99 Å². The van der Waals surface area contributed by atoms with Gasteiger partial charge in [0.15, 0.2) is 6.19 Å². The Kier molecular flexibility index (Phi) is 4.68. The summed E-state index contributed by atoms with van der Waals surface area (Å²) in [6, 6.07) is 13.5. The van der Waals surface area contributed by atoms with Gasteiger partial charge in [-0.1, -0.05) is 30.3 Å². The zero-order chi connectivity index (χ0) is 14.2. The molecular formula is C15H15N5. The molecule has 0 unspecified atom stereocenters. The quantitative estimate of drug-likeness (QED) is 0.387. The van der Waals surface area contributed by atoms with Crippen LogP contribution in [0.15, 0.2) is 59.9 Å². The Balaban J connectivity index is 2.16. The van der Waals surface area contributed by atoms with Crippen LogP contribution in [0.4, 0.5) is 5.69 Å². The molecule has 0 aliphatic heterocycles. The van der Waals surface area contributed by atoms with E-state index in [1.165, 1.54) is 0 Å². The van der Waals surface area contributed by atoms with Crippen molar-refractivity contribution in [1.29, 1.82) is 5.26 Å². The predicted molar refractivity (Wildman–Crippen MR) is 78.9 cm³/mol. The van der Waals surface area contributed by atoms with Gasteiger partial charge in [-0.25, -0.2) is 4.99 Å². The van der Waals surface area contributed by atoms with E-state index in [0.29, 0.717) is 5.96 Å². The van der Waals surface area contributed by atoms with Crippen molar-refractivity contribution >= 4 is 11.6 Å². The number of aromatic nitrogens is 1. The van der Waals surface area contributed by atoms with Gasteiger partial charge in [0.2, 0.25) is 5.96 Å². The number of guanidine groups is 1. The number of aliphatic imine (C=N–C) groups is 1. The standard InChI is InChI=1S/C15H15N5/c1-12(13-5-3-2-4-6-13)19-15(18-11-16)20-14-7-9-17-10-8-14/h2-10,12H,1H3,(H2,17,18,19,20)/t12-/m0/s1. The van der Waals surface area contributed by atoms with Crippen LogP contribution in [0.2, 0.25) is 0 Å². The molecule has 0 radical (unpaired) electrons. The van der Waals surface area contributed by atoms with E-state index in [-0.39, 0.29) is 6.04 Å². The fraction of sp³-hybridized carbons (Fsp3) is 0.133. The van der Waals surface area contributed by atoms with Crippen LogP contribution in [0, 0.1) is 11.5 Å². The first-order chi connectivity index (χ1) is 9.79. The number of nitrogens with one attached hydrogen (secondary N) is 2. The van der Waals surface area contributed by atoms with Crippen molar-refractivity contribution in [3.63, 3.8) is 0 Å². The lowest BCUT2D eigenvalue weighted by atomic mass is 10.1. The smallest absolute Gasteiger partial charge is 0.209 e. The molecule has 1 aromatic heterocycles. The van der Waals surface area contributed by atoms with Gasteiger partial charge in [0.1, 0.15) is 0 Å². The summed E-state index contributed by atoms with van der Waals surface area (Å²) in [5.41, 5.74) is 1.91. The zero-order valence-corrected chi connectivity index (χ0v) is 11.1. The molecule has 2 N–H and O–H groups in total. The van der Waals surface area contributed by atoms with Crippen LogP contribution in [-0.4, -0.2) is 10.9 Å². The van der Waals surface area contributed by atoms with Crippen LogP contribution in [0.5, 0.6) is 0 Å². The molecule has 2 aromatic rings. The maximum atomic E-state index is 8.80. The average molecular weight is 265 g/mol. The number of benzene rings is 1. The Labute approximate surface area is 118 Å². The maximum Gasteiger partial charge on any atom is 0.209 e. The van der Waals surface area contributed by atoms with E-state index < -0.39 is 0 Å². The largest absolute Gasteiger partial charge is 0.325 e. The summed E-state index contributed by atoms with van der Waals surface area (Å²) in [7, 11) is 0. The minimum Gasteiger partial charge on any atom is -0.325 e. The second-order valence-corrected chi connectivity index (χ2v) is 4.16. The van der Waals surface area contributed by atoms with Crippen molar-refractivity contribution in [1.82, 2.24) is 10.3 Å². The van der Waals surface area contributed by atoms with Gasteiger partial charge < -0.3 is 5.32 Å². The highest BCUT2D eigenvalue weighted by Gasteiger charge is 2.05. The number of pyridine rings is 1. The summed E-state index contributed by atoms with van der Waals surface area (Å²) in [5, 5.41) is 14.4. The highest BCUT2D eigenvalue weighted by molar-refractivity contribution is 5.94. The second kappa shape index (κ2) is 6.90. The van der Waals surface area contributed by atoms with Crippen molar-refractivity contribution < 1.29 is 0 Å². The Morgan fingerprint density at radius 3 is 2.55 bits per heavy atom. The van der Waals surface area contributed by atoms with Gasteiger partial charge in [0, 0.05) is 18.1 Å². The molecule has 1 aromatic carbocycles. The molecule has 5 heteroatoms. The number of nitrogens with zero attached hydrogens (tertiary/aromatic N) is 3. The molecule has 0 aliphatic rings. The average Bonchev–Trinajstić information content (AvgIpc) is 2.49. The third-order valence-electron chi connectivity index (χ3n) is 2.72. The van der Waals surface area contributed by atoms with Gasteiger partial charge in [0.05, 0.1) is 6.04 Å². The number of hydrogen-bond acceptors (Lipinski definition) is 3. The third kappa shape index (κ3) is 3.82. The Morgan fingerprint density at radius 2 is 1.90 bits per heavy atom. The zero-order valence-electron chi connectivity index (χ0n) is 11.1. The predicted octanol–water partition coefficient (Wildman–Crippen LogP) is 2.68. The van der Waals surface area contributed by atoms with E-state index in [9.17, 15) is 0 Å². The van der Waals surface area contributed by atoms with Gasteiger partial charge >= 0.3 is 0 Å². The van der Waals surface area contributed by atoms with Gasteiger partial charge in [-0.2, -0.15) is 5.26 Å². The van der Waals surface area contributed by atoms with Crippen molar-refractivity contribution in [3.8, 4) is 6.19 Å². The summed E-state index contributed by atoms with van der Waals surface area (Å²) in [6.45, 7) is 1.97. The molecule has 0 amide bonds. The number of rotatable bonds is 3. The monoisotopic (exact) mass is 265 g/mol. The van der Waals surface area contributed by atoms with Crippen LogP contribution in [-0.2, 0) is 0 Å². The van der Waals surface area contributed by atoms with Gasteiger partial charge in [-0.15, -0.1) is 0 Å². The fourth-order valence-electron chi connectivity index (χ4n) is 1.72. The first-order valence-corrected chi connectivity index (χ1v) is 6.24. The van der Waals surface area contributed by atoms with E-state index in [0.717, 1.165) is 11.3 Å². The third-order valence-corrected chi connectivity index (χ3v) is 2.72. The van der Waals surface area contributed by atoms with Crippen LogP contribution < -0.4 is 10.6 Å². The highest BCUT2D eigenvalue weighted by Crippen LogP contribution is 2.16. The number of anilines is 1. The topological polar surface area (TPSA) is 73.1 Å². The lowest BCUT2D eigenvalue weighted by molar-refractivity contribution is 0.813. The molecule has 100 valence electrons. The lowest BCUT2D eigenvalue weighted by Gasteiger charge is -2.11. The normalized spacial score (nSPS) is 12.3. The van der Waals surface area contributed by atoms with Crippen LogP contribution >= 0.6 is 0 Å². The molecule has 5 nitrogen and oxygen atoms in total. The van der Waals surface area contributed by atoms with E-state index in [4.69, 9.17) is 5.26 Å². The van der Waals surface area contributed by atoms with Gasteiger partial charge in [-0.3, -0.25) is 10.3 Å². The van der Waals surface area contributed by atoms with E-state index in [1.54, 1.807) is 12.4 Å².